The standard InChI is InChI=1S/C15H14N6O2S/c1-8(24-15-11-13(18-6-17-11)19-7-20-15)14(23)21-10-4-2-9(3-5-10)12(16)22/h2-8H,1H3,(H2,16,22)(H,21,23)(H,17,18,19,20). The van der Waals surface area contributed by atoms with Crippen molar-refractivity contribution in [3.05, 3.63) is 42.5 Å². The summed E-state index contributed by atoms with van der Waals surface area (Å²) >= 11 is 1.30. The van der Waals surface area contributed by atoms with Crippen molar-refractivity contribution in [2.75, 3.05) is 5.32 Å². The molecule has 3 aromatic rings. The van der Waals surface area contributed by atoms with Gasteiger partial charge < -0.3 is 16.0 Å². The van der Waals surface area contributed by atoms with Gasteiger partial charge in [-0.15, -0.1) is 0 Å². The molecule has 2 amide bonds. The van der Waals surface area contributed by atoms with Gasteiger partial charge in [0.25, 0.3) is 0 Å². The third-order valence-corrected chi connectivity index (χ3v) is 4.38. The van der Waals surface area contributed by atoms with Crippen molar-refractivity contribution in [3.63, 3.8) is 0 Å². The van der Waals surface area contributed by atoms with E-state index in [0.29, 0.717) is 27.4 Å². The maximum Gasteiger partial charge on any atom is 0.248 e. The van der Waals surface area contributed by atoms with Crippen molar-refractivity contribution in [2.45, 2.75) is 17.2 Å². The van der Waals surface area contributed by atoms with Gasteiger partial charge in [0.2, 0.25) is 11.8 Å². The highest BCUT2D eigenvalue weighted by Crippen LogP contribution is 2.26. The lowest BCUT2D eigenvalue weighted by molar-refractivity contribution is -0.115. The fraction of sp³-hybridized carbons (Fsp3) is 0.133. The lowest BCUT2D eigenvalue weighted by Crippen LogP contribution is -2.22. The highest BCUT2D eigenvalue weighted by Gasteiger charge is 2.18. The number of hydrogen-bond donors (Lipinski definition) is 3. The first-order valence-corrected chi connectivity index (χ1v) is 7.94. The number of nitrogens with zero attached hydrogens (tertiary/aromatic N) is 3. The van der Waals surface area contributed by atoms with Gasteiger partial charge >= 0.3 is 0 Å². The van der Waals surface area contributed by atoms with E-state index in [0.717, 1.165) is 0 Å². The van der Waals surface area contributed by atoms with Crippen LogP contribution in [-0.4, -0.2) is 37.0 Å². The number of nitrogens with one attached hydrogen (secondary N) is 2. The molecule has 2 heterocycles. The Balaban J connectivity index is 1.68. The topological polar surface area (TPSA) is 127 Å². The van der Waals surface area contributed by atoms with Crippen molar-refractivity contribution >= 4 is 40.4 Å². The van der Waals surface area contributed by atoms with E-state index in [1.54, 1.807) is 31.2 Å². The molecule has 0 saturated heterocycles. The van der Waals surface area contributed by atoms with Crippen LogP contribution in [0.5, 0.6) is 0 Å². The molecule has 4 N–H and O–H groups in total. The maximum atomic E-state index is 12.3. The number of nitrogens with two attached hydrogens (primary N) is 1. The Morgan fingerprint density at radius 3 is 2.67 bits per heavy atom. The van der Waals surface area contributed by atoms with Crippen molar-refractivity contribution in [3.8, 4) is 0 Å². The summed E-state index contributed by atoms with van der Waals surface area (Å²) in [6, 6.07) is 6.39. The van der Waals surface area contributed by atoms with E-state index in [9.17, 15) is 9.59 Å². The molecule has 1 unspecified atom stereocenters. The van der Waals surface area contributed by atoms with Gasteiger partial charge in [0.15, 0.2) is 5.65 Å². The number of aromatic nitrogens is 4. The molecule has 0 radical (unpaired) electrons. The van der Waals surface area contributed by atoms with E-state index < -0.39 is 5.91 Å². The van der Waals surface area contributed by atoms with E-state index in [1.165, 1.54) is 24.4 Å². The normalized spacial score (nSPS) is 12.0. The Morgan fingerprint density at radius 2 is 1.96 bits per heavy atom. The molecule has 1 atom stereocenters. The number of carbonyl (C=O) groups excluding carboxylic acids is 2. The van der Waals surface area contributed by atoms with Crippen LogP contribution in [0.25, 0.3) is 11.2 Å². The SMILES string of the molecule is CC(Sc1ncnc2nc[nH]c12)C(=O)Nc1ccc(C(N)=O)cc1. The van der Waals surface area contributed by atoms with Crippen LogP contribution >= 0.6 is 11.8 Å². The third kappa shape index (κ3) is 3.35. The van der Waals surface area contributed by atoms with Crippen LogP contribution in [-0.2, 0) is 4.79 Å². The summed E-state index contributed by atoms with van der Waals surface area (Å²) in [4.78, 5) is 38.6. The molecule has 2 aromatic heterocycles. The molecule has 24 heavy (non-hydrogen) atoms. The van der Waals surface area contributed by atoms with Gasteiger partial charge in [-0.2, -0.15) is 0 Å². The van der Waals surface area contributed by atoms with E-state index in [2.05, 4.69) is 25.3 Å². The molecule has 1 aromatic carbocycles. The summed E-state index contributed by atoms with van der Waals surface area (Å²) in [5.41, 5.74) is 7.42. The van der Waals surface area contributed by atoms with Crippen molar-refractivity contribution in [1.82, 2.24) is 19.9 Å². The first kappa shape index (κ1) is 15.9. The molecule has 122 valence electrons. The largest absolute Gasteiger partial charge is 0.366 e. The predicted octanol–water partition coefficient (Wildman–Crippen LogP) is 1.57. The van der Waals surface area contributed by atoms with E-state index in [4.69, 9.17) is 5.73 Å². The number of hydrogen-bond acceptors (Lipinski definition) is 6. The number of thioether (sulfide) groups is 1. The minimum Gasteiger partial charge on any atom is -0.366 e. The predicted molar refractivity (Wildman–Crippen MR) is 90.6 cm³/mol. The Kier molecular flexibility index (Phi) is 4.43. The minimum atomic E-state index is -0.510. The summed E-state index contributed by atoms with van der Waals surface area (Å²) in [6.07, 6.45) is 2.95. The summed E-state index contributed by atoms with van der Waals surface area (Å²) < 4.78 is 0. The zero-order chi connectivity index (χ0) is 17.1. The van der Waals surface area contributed by atoms with Crippen LogP contribution in [0.3, 0.4) is 0 Å². The highest BCUT2D eigenvalue weighted by molar-refractivity contribution is 8.00. The third-order valence-electron chi connectivity index (χ3n) is 3.28. The molecule has 0 aliphatic rings. The van der Waals surface area contributed by atoms with E-state index >= 15 is 0 Å². The van der Waals surface area contributed by atoms with Crippen LogP contribution in [0.2, 0.25) is 0 Å². The lowest BCUT2D eigenvalue weighted by atomic mass is 10.2. The zero-order valence-electron chi connectivity index (χ0n) is 12.7. The second kappa shape index (κ2) is 6.67. The molecule has 8 nitrogen and oxygen atoms in total. The number of benzene rings is 1. The number of carbonyl (C=O) groups is 2. The van der Waals surface area contributed by atoms with E-state index in [1.807, 2.05) is 0 Å². The van der Waals surface area contributed by atoms with Gasteiger partial charge in [0, 0.05) is 11.3 Å². The van der Waals surface area contributed by atoms with Crippen LogP contribution in [0, 0.1) is 0 Å². The first-order chi connectivity index (χ1) is 11.5. The summed E-state index contributed by atoms with van der Waals surface area (Å²) in [5, 5.41) is 3.06. The molecule has 9 heteroatoms. The number of fused-ring (bicyclic) bond motifs is 1. The van der Waals surface area contributed by atoms with Gasteiger partial charge in [0.05, 0.1) is 11.6 Å². The summed E-state index contributed by atoms with van der Waals surface area (Å²) in [5.74, 6) is -0.692. The Hall–Kier alpha value is -2.94. The molecule has 0 spiro atoms. The van der Waals surface area contributed by atoms with Gasteiger partial charge in [-0.05, 0) is 31.2 Å². The molecular formula is C15H14N6O2S. The monoisotopic (exact) mass is 342 g/mol. The van der Waals surface area contributed by atoms with Gasteiger partial charge in [-0.25, -0.2) is 15.0 Å². The molecular weight excluding hydrogens is 328 g/mol. The average molecular weight is 342 g/mol. The second-order valence-corrected chi connectivity index (χ2v) is 6.30. The van der Waals surface area contributed by atoms with Crippen molar-refractivity contribution in [2.24, 2.45) is 5.73 Å². The van der Waals surface area contributed by atoms with Gasteiger partial charge in [-0.3, -0.25) is 9.59 Å². The molecule has 0 saturated carbocycles. The number of imidazole rings is 1. The number of aromatic amines is 1. The molecule has 3 rings (SSSR count). The number of rotatable bonds is 5. The van der Waals surface area contributed by atoms with Crippen LogP contribution in [0.1, 0.15) is 17.3 Å². The number of anilines is 1. The smallest absolute Gasteiger partial charge is 0.248 e. The fourth-order valence-corrected chi connectivity index (χ4v) is 2.89. The van der Waals surface area contributed by atoms with Crippen LogP contribution in [0.4, 0.5) is 5.69 Å². The number of amides is 2. The number of primary amides is 1. The molecule has 0 aliphatic carbocycles. The van der Waals surface area contributed by atoms with Gasteiger partial charge in [-0.1, -0.05) is 11.8 Å². The molecule has 0 aliphatic heterocycles. The first-order valence-electron chi connectivity index (χ1n) is 7.06. The highest BCUT2D eigenvalue weighted by atomic mass is 32.2. The zero-order valence-corrected chi connectivity index (χ0v) is 13.5. The van der Waals surface area contributed by atoms with Crippen molar-refractivity contribution < 1.29 is 9.59 Å². The minimum absolute atomic E-state index is 0.182. The molecule has 0 fully saturated rings. The Morgan fingerprint density at radius 1 is 1.21 bits per heavy atom. The van der Waals surface area contributed by atoms with Crippen LogP contribution in [0.15, 0.2) is 41.9 Å². The quantitative estimate of drug-likeness (QED) is 0.477. The van der Waals surface area contributed by atoms with Crippen LogP contribution < -0.4 is 11.1 Å². The summed E-state index contributed by atoms with van der Waals surface area (Å²) in [6.45, 7) is 1.78. The van der Waals surface area contributed by atoms with E-state index in [-0.39, 0.29) is 11.2 Å². The maximum absolute atomic E-state index is 12.3. The Labute approximate surface area is 141 Å². The van der Waals surface area contributed by atoms with Crippen molar-refractivity contribution in [1.29, 1.82) is 0 Å². The van der Waals surface area contributed by atoms with Gasteiger partial charge in [0.1, 0.15) is 16.9 Å². The average Bonchev–Trinajstić information content (AvgIpc) is 3.05. The molecule has 0 bridgehead atoms. The summed E-state index contributed by atoms with van der Waals surface area (Å²) in [7, 11) is 0. The fourth-order valence-electron chi connectivity index (χ4n) is 2.01. The Bertz CT molecular complexity index is 892. The second-order valence-electron chi connectivity index (χ2n) is 4.97. The lowest BCUT2D eigenvalue weighted by Gasteiger charge is -2.12. The number of H-pyrrole nitrogens is 1.